The summed E-state index contributed by atoms with van der Waals surface area (Å²) in [4.78, 5) is 12.9. The first-order chi connectivity index (χ1) is 7.91. The zero-order valence-electron chi connectivity index (χ0n) is 8.73. The molecule has 0 unspecified atom stereocenters. The monoisotopic (exact) mass is 289 g/mol. The first kappa shape index (κ1) is 12.3. The fourth-order valence-corrected chi connectivity index (χ4v) is 4.01. The molecule has 0 aliphatic carbocycles. The highest BCUT2D eigenvalue weighted by molar-refractivity contribution is 7.91. The molecule has 2 rings (SSSR count). The minimum atomic E-state index is -3.74. The normalized spacial score (nSPS) is 11.6. The molecule has 1 heterocycles. The van der Waals surface area contributed by atoms with Gasteiger partial charge >= 0.3 is 4.87 Å². The maximum absolute atomic E-state index is 12.1. The Hall–Kier alpha value is -1.11. The van der Waals surface area contributed by atoms with Crippen LogP contribution in [-0.4, -0.2) is 13.4 Å². The average molecular weight is 290 g/mol. The number of hydrogen-bond donors (Lipinski definition) is 1. The first-order valence-corrected chi connectivity index (χ1v) is 7.29. The van der Waals surface area contributed by atoms with Gasteiger partial charge in [-0.3, -0.25) is 4.79 Å². The molecule has 7 heteroatoms. The number of aryl methyl sites for hydroxylation is 1. The molecule has 1 aromatic heterocycles. The van der Waals surface area contributed by atoms with E-state index in [1.54, 1.807) is 12.1 Å². The Kier molecular flexibility index (Phi) is 3.11. The fraction of sp³-hybridized carbons (Fsp3) is 0.100. The van der Waals surface area contributed by atoms with Crippen LogP contribution < -0.4 is 4.87 Å². The van der Waals surface area contributed by atoms with Gasteiger partial charge in [-0.05, 0) is 19.1 Å². The van der Waals surface area contributed by atoms with Crippen LogP contribution in [0.4, 0.5) is 0 Å². The largest absolute Gasteiger partial charge is 0.306 e. The van der Waals surface area contributed by atoms with Crippen LogP contribution >= 0.6 is 22.9 Å². The number of hydrogen-bond acceptors (Lipinski definition) is 4. The molecule has 0 fully saturated rings. The summed E-state index contributed by atoms with van der Waals surface area (Å²) in [6, 6.07) is 6.34. The maximum Gasteiger partial charge on any atom is 0.306 e. The van der Waals surface area contributed by atoms with Crippen molar-refractivity contribution in [3.63, 3.8) is 0 Å². The van der Waals surface area contributed by atoms with E-state index in [0.29, 0.717) is 11.3 Å². The second-order valence-corrected chi connectivity index (χ2v) is 6.91. The minimum Gasteiger partial charge on any atom is -0.302 e. The van der Waals surface area contributed by atoms with Gasteiger partial charge in [-0.15, -0.1) is 0 Å². The third kappa shape index (κ3) is 2.29. The summed E-state index contributed by atoms with van der Waals surface area (Å²) >= 11 is 6.39. The molecule has 90 valence electrons. The highest BCUT2D eigenvalue weighted by Gasteiger charge is 2.23. The molecule has 2 aromatic rings. The fourth-order valence-electron chi connectivity index (χ4n) is 1.30. The molecule has 0 atom stereocenters. The molecule has 17 heavy (non-hydrogen) atoms. The van der Waals surface area contributed by atoms with Gasteiger partial charge in [0.25, 0.3) is 0 Å². The number of nitrogens with one attached hydrogen (secondary N) is 1. The molecule has 1 aromatic carbocycles. The van der Waals surface area contributed by atoms with E-state index < -0.39 is 14.7 Å². The smallest absolute Gasteiger partial charge is 0.302 e. The molecule has 0 saturated heterocycles. The quantitative estimate of drug-likeness (QED) is 0.922. The van der Waals surface area contributed by atoms with E-state index in [2.05, 4.69) is 4.98 Å². The molecular weight excluding hydrogens is 282 g/mol. The Morgan fingerprint density at radius 2 is 1.82 bits per heavy atom. The van der Waals surface area contributed by atoms with Gasteiger partial charge in [0.1, 0.15) is 4.34 Å². The second-order valence-electron chi connectivity index (χ2n) is 3.43. The summed E-state index contributed by atoms with van der Waals surface area (Å²) in [5.41, 5.74) is 0.953. The molecule has 0 amide bonds. The summed E-state index contributed by atoms with van der Waals surface area (Å²) in [5, 5.41) is -0.238. The van der Waals surface area contributed by atoms with Gasteiger partial charge < -0.3 is 4.98 Å². The van der Waals surface area contributed by atoms with Crippen LogP contribution in [0.1, 0.15) is 5.56 Å². The lowest BCUT2D eigenvalue weighted by atomic mass is 10.2. The summed E-state index contributed by atoms with van der Waals surface area (Å²) in [7, 11) is -3.74. The van der Waals surface area contributed by atoms with Crippen LogP contribution in [-0.2, 0) is 9.84 Å². The Labute approximate surface area is 107 Å². The Morgan fingerprint density at radius 1 is 1.24 bits per heavy atom. The Morgan fingerprint density at radius 3 is 2.29 bits per heavy atom. The number of aromatic nitrogens is 1. The van der Waals surface area contributed by atoms with Gasteiger partial charge in [0.15, 0.2) is 5.03 Å². The molecule has 0 aliphatic heterocycles. The second kappa shape index (κ2) is 4.29. The van der Waals surface area contributed by atoms with Crippen molar-refractivity contribution < 1.29 is 8.42 Å². The van der Waals surface area contributed by atoms with Crippen LogP contribution in [0.25, 0.3) is 0 Å². The van der Waals surface area contributed by atoms with E-state index >= 15 is 0 Å². The highest BCUT2D eigenvalue weighted by Crippen LogP contribution is 2.27. The van der Waals surface area contributed by atoms with Crippen LogP contribution in [0.3, 0.4) is 0 Å². The van der Waals surface area contributed by atoms with E-state index in [9.17, 15) is 13.2 Å². The van der Waals surface area contributed by atoms with Crippen LogP contribution in [0.15, 0.2) is 39.0 Å². The summed E-state index contributed by atoms with van der Waals surface area (Å²) in [5.74, 6) is 0. The van der Waals surface area contributed by atoms with Gasteiger partial charge in [0, 0.05) is 0 Å². The van der Waals surface area contributed by atoms with Gasteiger partial charge in [-0.2, -0.15) is 0 Å². The number of sulfone groups is 1. The number of halogens is 1. The van der Waals surface area contributed by atoms with Crippen molar-refractivity contribution in [2.24, 2.45) is 0 Å². The number of H-pyrrole nitrogens is 1. The average Bonchev–Trinajstić information content (AvgIpc) is 2.59. The zero-order valence-corrected chi connectivity index (χ0v) is 11.1. The molecule has 0 aliphatic rings. The summed E-state index contributed by atoms with van der Waals surface area (Å²) in [6.45, 7) is 1.86. The van der Waals surface area contributed by atoms with Crippen LogP contribution in [0.2, 0.25) is 4.34 Å². The minimum absolute atomic E-state index is 0.0458. The Balaban J connectivity index is 2.61. The van der Waals surface area contributed by atoms with E-state index in [4.69, 9.17) is 11.6 Å². The topological polar surface area (TPSA) is 67.0 Å². The molecule has 0 spiro atoms. The SMILES string of the molecule is Cc1ccc(S(=O)(=O)c2[nH]c(=O)sc2Cl)cc1. The number of aromatic amines is 1. The Bertz CT molecular complexity index is 698. The van der Waals surface area contributed by atoms with Crippen molar-refractivity contribution in [3.05, 3.63) is 43.8 Å². The van der Waals surface area contributed by atoms with E-state index in [-0.39, 0.29) is 14.3 Å². The van der Waals surface area contributed by atoms with Gasteiger partial charge in [-0.1, -0.05) is 40.6 Å². The molecule has 0 saturated carbocycles. The van der Waals surface area contributed by atoms with E-state index in [1.807, 2.05) is 6.92 Å². The third-order valence-electron chi connectivity index (χ3n) is 2.18. The molecule has 0 radical (unpaired) electrons. The molecule has 1 N–H and O–H groups in total. The predicted octanol–water partition coefficient (Wildman–Crippen LogP) is 2.23. The molecule has 4 nitrogen and oxygen atoms in total. The highest BCUT2D eigenvalue weighted by atomic mass is 35.5. The molecule has 0 bridgehead atoms. The van der Waals surface area contributed by atoms with Crippen molar-refractivity contribution in [1.29, 1.82) is 0 Å². The standard InChI is InChI=1S/C10H8ClNO3S2/c1-6-2-4-7(5-3-6)17(14,15)9-8(11)16-10(13)12-9/h2-5H,1H3,(H,12,13). The van der Waals surface area contributed by atoms with Crippen molar-refractivity contribution in [2.75, 3.05) is 0 Å². The van der Waals surface area contributed by atoms with E-state index in [1.165, 1.54) is 12.1 Å². The van der Waals surface area contributed by atoms with Gasteiger partial charge in [0.05, 0.1) is 4.90 Å². The lowest BCUT2D eigenvalue weighted by molar-refractivity contribution is 0.593. The van der Waals surface area contributed by atoms with Crippen molar-refractivity contribution >= 4 is 32.8 Å². The maximum atomic E-state index is 12.1. The number of rotatable bonds is 2. The lowest BCUT2D eigenvalue weighted by Gasteiger charge is -2.02. The van der Waals surface area contributed by atoms with Gasteiger partial charge in [0.2, 0.25) is 9.84 Å². The summed E-state index contributed by atoms with van der Waals surface area (Å²) in [6.07, 6.45) is 0. The molecular formula is C10H8ClNO3S2. The predicted molar refractivity (Wildman–Crippen MR) is 66.6 cm³/mol. The zero-order chi connectivity index (χ0) is 12.6. The lowest BCUT2D eigenvalue weighted by Crippen LogP contribution is -2.05. The number of benzene rings is 1. The van der Waals surface area contributed by atoms with Crippen LogP contribution in [0, 0.1) is 6.92 Å². The summed E-state index contributed by atoms with van der Waals surface area (Å²) < 4.78 is 24.2. The van der Waals surface area contributed by atoms with Crippen molar-refractivity contribution in [1.82, 2.24) is 4.98 Å². The third-order valence-corrected chi connectivity index (χ3v) is 5.25. The number of thiazole rings is 1. The van der Waals surface area contributed by atoms with Gasteiger partial charge in [-0.25, -0.2) is 8.42 Å². The van der Waals surface area contributed by atoms with Crippen molar-refractivity contribution in [3.8, 4) is 0 Å². The van der Waals surface area contributed by atoms with Crippen LogP contribution in [0.5, 0.6) is 0 Å². The van der Waals surface area contributed by atoms with E-state index in [0.717, 1.165) is 5.56 Å². The van der Waals surface area contributed by atoms with Crippen molar-refractivity contribution in [2.45, 2.75) is 16.8 Å². The first-order valence-electron chi connectivity index (χ1n) is 4.61.